The lowest BCUT2D eigenvalue weighted by molar-refractivity contribution is 0.213. The van der Waals surface area contributed by atoms with Gasteiger partial charge in [-0.3, -0.25) is 0 Å². The fourth-order valence-corrected chi connectivity index (χ4v) is 2.46. The Balaban J connectivity index is 1.99. The maximum absolute atomic E-state index is 5.95. The maximum Gasteiger partial charge on any atom is 0.123 e. The summed E-state index contributed by atoms with van der Waals surface area (Å²) in [6.07, 6.45) is 0. The topological polar surface area (TPSA) is 53.7 Å². The van der Waals surface area contributed by atoms with E-state index in [1.165, 1.54) is 0 Å². The first-order valence-corrected chi connectivity index (χ1v) is 8.18. The van der Waals surface area contributed by atoms with Crippen LogP contribution in [0.15, 0.2) is 42.5 Å². The predicted molar refractivity (Wildman–Crippen MR) is 97.0 cm³/mol. The van der Waals surface area contributed by atoms with E-state index in [0.717, 1.165) is 28.4 Å². The summed E-state index contributed by atoms with van der Waals surface area (Å²) in [5.74, 6) is 2.51. The van der Waals surface area contributed by atoms with E-state index in [-0.39, 0.29) is 5.41 Å². The summed E-state index contributed by atoms with van der Waals surface area (Å²) in [6.45, 7) is 7.86. The van der Waals surface area contributed by atoms with Gasteiger partial charge in [-0.05, 0) is 29.7 Å². The summed E-state index contributed by atoms with van der Waals surface area (Å²) in [5, 5.41) is 0. The molecule has 0 radical (unpaired) electrons. The molecule has 2 aromatic rings. The monoisotopic (exact) mass is 329 g/mol. The van der Waals surface area contributed by atoms with Crippen molar-refractivity contribution < 1.29 is 14.2 Å². The molecule has 0 spiro atoms. The zero-order valence-electron chi connectivity index (χ0n) is 15.0. The Labute approximate surface area is 144 Å². The van der Waals surface area contributed by atoms with Crippen molar-refractivity contribution in [2.45, 2.75) is 32.7 Å². The number of hydrogen-bond donors (Lipinski definition) is 1. The van der Waals surface area contributed by atoms with Crippen molar-refractivity contribution >= 4 is 0 Å². The first-order chi connectivity index (χ1) is 11.5. The Morgan fingerprint density at radius 1 is 0.917 bits per heavy atom. The summed E-state index contributed by atoms with van der Waals surface area (Å²) in [6, 6.07) is 13.7. The van der Waals surface area contributed by atoms with Crippen LogP contribution in [0.3, 0.4) is 0 Å². The third-order valence-electron chi connectivity index (χ3n) is 3.79. The molecular weight excluding hydrogens is 302 g/mol. The second-order valence-corrected chi connectivity index (χ2v) is 6.62. The number of benzene rings is 2. The van der Waals surface area contributed by atoms with Gasteiger partial charge in [-0.2, -0.15) is 0 Å². The maximum atomic E-state index is 5.95. The molecule has 0 saturated heterocycles. The summed E-state index contributed by atoms with van der Waals surface area (Å²) in [4.78, 5) is 0. The molecule has 2 rings (SSSR count). The van der Waals surface area contributed by atoms with Crippen molar-refractivity contribution in [2.24, 2.45) is 5.73 Å². The quantitative estimate of drug-likeness (QED) is 0.783. The molecule has 0 aromatic heterocycles. The highest BCUT2D eigenvalue weighted by Crippen LogP contribution is 2.34. The highest BCUT2D eigenvalue weighted by molar-refractivity contribution is 5.44. The van der Waals surface area contributed by atoms with Gasteiger partial charge in [0.25, 0.3) is 0 Å². The van der Waals surface area contributed by atoms with Crippen LogP contribution in [-0.4, -0.2) is 20.3 Å². The number of rotatable bonds is 7. The molecule has 0 heterocycles. The molecule has 0 amide bonds. The molecule has 0 bridgehead atoms. The standard InChI is InChI=1S/C20H27NO3/c1-20(2,3)17-13-16(22-4)9-10-19(17)24-12-11-23-18-8-6-5-7-15(18)14-21/h5-10,13H,11-12,14,21H2,1-4H3. The SMILES string of the molecule is COc1ccc(OCCOc2ccccc2CN)c(C(C)(C)C)c1. The lowest BCUT2D eigenvalue weighted by Crippen LogP contribution is -2.16. The minimum Gasteiger partial charge on any atom is -0.497 e. The van der Waals surface area contributed by atoms with Crippen molar-refractivity contribution in [3.63, 3.8) is 0 Å². The van der Waals surface area contributed by atoms with Gasteiger partial charge in [0.2, 0.25) is 0 Å². The summed E-state index contributed by atoms with van der Waals surface area (Å²) in [5.41, 5.74) is 7.80. The van der Waals surface area contributed by atoms with Crippen molar-refractivity contribution in [2.75, 3.05) is 20.3 Å². The molecule has 2 N–H and O–H groups in total. The number of nitrogens with two attached hydrogens (primary N) is 1. The normalized spacial score (nSPS) is 11.2. The van der Waals surface area contributed by atoms with Gasteiger partial charge in [-0.1, -0.05) is 39.0 Å². The van der Waals surface area contributed by atoms with Gasteiger partial charge in [0.1, 0.15) is 30.5 Å². The first-order valence-electron chi connectivity index (χ1n) is 8.18. The number of hydrogen-bond acceptors (Lipinski definition) is 4. The van der Waals surface area contributed by atoms with Crippen LogP contribution in [0.5, 0.6) is 17.2 Å². The third kappa shape index (κ3) is 4.65. The van der Waals surface area contributed by atoms with Crippen LogP contribution in [0, 0.1) is 0 Å². The number of ether oxygens (including phenoxy) is 3. The Morgan fingerprint density at radius 2 is 1.58 bits per heavy atom. The fourth-order valence-electron chi connectivity index (χ4n) is 2.46. The molecule has 4 heteroatoms. The highest BCUT2D eigenvalue weighted by atomic mass is 16.5. The largest absolute Gasteiger partial charge is 0.497 e. The second kappa shape index (κ2) is 8.06. The van der Waals surface area contributed by atoms with Crippen LogP contribution in [-0.2, 0) is 12.0 Å². The molecule has 0 aliphatic carbocycles. The van der Waals surface area contributed by atoms with E-state index in [0.29, 0.717) is 19.8 Å². The Kier molecular flexibility index (Phi) is 6.10. The lowest BCUT2D eigenvalue weighted by Gasteiger charge is -2.23. The van der Waals surface area contributed by atoms with Crippen LogP contribution in [0.25, 0.3) is 0 Å². The van der Waals surface area contributed by atoms with Gasteiger partial charge in [-0.15, -0.1) is 0 Å². The predicted octanol–water partition coefficient (Wildman–Crippen LogP) is 3.91. The van der Waals surface area contributed by atoms with Crippen LogP contribution < -0.4 is 19.9 Å². The molecule has 2 aromatic carbocycles. The van der Waals surface area contributed by atoms with E-state index in [2.05, 4.69) is 20.8 Å². The van der Waals surface area contributed by atoms with Crippen LogP contribution in [0.1, 0.15) is 31.9 Å². The van der Waals surface area contributed by atoms with Gasteiger partial charge in [0, 0.05) is 17.7 Å². The van der Waals surface area contributed by atoms with E-state index in [1.54, 1.807) is 7.11 Å². The van der Waals surface area contributed by atoms with Gasteiger partial charge in [-0.25, -0.2) is 0 Å². The number of methoxy groups -OCH3 is 1. The fraction of sp³-hybridized carbons (Fsp3) is 0.400. The zero-order chi connectivity index (χ0) is 17.6. The smallest absolute Gasteiger partial charge is 0.123 e. The van der Waals surface area contributed by atoms with Gasteiger partial charge in [0.15, 0.2) is 0 Å². The Bertz CT molecular complexity index is 662. The van der Waals surface area contributed by atoms with Gasteiger partial charge >= 0.3 is 0 Å². The first kappa shape index (κ1) is 18.1. The van der Waals surface area contributed by atoms with Gasteiger partial charge < -0.3 is 19.9 Å². The summed E-state index contributed by atoms with van der Waals surface area (Å²) < 4.78 is 17.1. The molecule has 0 fully saturated rings. The molecule has 24 heavy (non-hydrogen) atoms. The molecule has 0 saturated carbocycles. The lowest BCUT2D eigenvalue weighted by atomic mass is 9.86. The second-order valence-electron chi connectivity index (χ2n) is 6.62. The minimum atomic E-state index is -0.0309. The van der Waals surface area contributed by atoms with Gasteiger partial charge in [0.05, 0.1) is 7.11 Å². The molecule has 0 unspecified atom stereocenters. The van der Waals surface area contributed by atoms with Crippen molar-refractivity contribution in [3.8, 4) is 17.2 Å². The van der Waals surface area contributed by atoms with Crippen molar-refractivity contribution in [1.29, 1.82) is 0 Å². The zero-order valence-corrected chi connectivity index (χ0v) is 15.0. The molecule has 0 atom stereocenters. The van der Waals surface area contributed by atoms with E-state index in [4.69, 9.17) is 19.9 Å². The average molecular weight is 329 g/mol. The highest BCUT2D eigenvalue weighted by Gasteiger charge is 2.20. The Morgan fingerprint density at radius 3 is 2.21 bits per heavy atom. The average Bonchev–Trinajstić information content (AvgIpc) is 2.58. The van der Waals surface area contributed by atoms with Crippen molar-refractivity contribution in [3.05, 3.63) is 53.6 Å². The molecule has 0 aliphatic rings. The number of para-hydroxylation sites is 1. The molecule has 4 nitrogen and oxygen atoms in total. The summed E-state index contributed by atoms with van der Waals surface area (Å²) >= 11 is 0. The third-order valence-corrected chi connectivity index (χ3v) is 3.79. The van der Waals surface area contributed by atoms with Crippen molar-refractivity contribution in [1.82, 2.24) is 0 Å². The molecule has 130 valence electrons. The van der Waals surface area contributed by atoms with E-state index in [1.807, 2.05) is 42.5 Å². The van der Waals surface area contributed by atoms with E-state index in [9.17, 15) is 0 Å². The minimum absolute atomic E-state index is 0.0309. The molecular formula is C20H27NO3. The van der Waals surface area contributed by atoms with Crippen LogP contribution >= 0.6 is 0 Å². The summed E-state index contributed by atoms with van der Waals surface area (Å²) in [7, 11) is 1.67. The van der Waals surface area contributed by atoms with E-state index >= 15 is 0 Å². The Hall–Kier alpha value is -2.20. The van der Waals surface area contributed by atoms with Crippen LogP contribution in [0.2, 0.25) is 0 Å². The van der Waals surface area contributed by atoms with Crippen LogP contribution in [0.4, 0.5) is 0 Å². The van der Waals surface area contributed by atoms with E-state index < -0.39 is 0 Å². The molecule has 0 aliphatic heterocycles.